The van der Waals surface area contributed by atoms with Crippen molar-refractivity contribution in [3.05, 3.63) is 24.3 Å². The molecule has 3 N–H and O–H groups in total. The number of hydrogen-bond donors (Lipinski definition) is 2. The van der Waals surface area contributed by atoms with E-state index in [2.05, 4.69) is 5.32 Å². The highest BCUT2D eigenvalue weighted by Gasteiger charge is 2.21. The molecule has 0 aliphatic rings. The van der Waals surface area contributed by atoms with Crippen LogP contribution >= 0.6 is 0 Å². The van der Waals surface area contributed by atoms with E-state index in [-0.39, 0.29) is 5.91 Å². The van der Waals surface area contributed by atoms with Gasteiger partial charge in [0.05, 0.1) is 0 Å². The molecule has 94 valence electrons. The molecule has 0 saturated heterocycles. The molecule has 1 amide bonds. The van der Waals surface area contributed by atoms with Crippen molar-refractivity contribution in [2.75, 3.05) is 18.5 Å². The second-order valence-corrected chi connectivity index (χ2v) is 4.87. The van der Waals surface area contributed by atoms with Gasteiger partial charge in [0.15, 0.2) is 0 Å². The smallest absolute Gasteiger partial charge is 0.229 e. The van der Waals surface area contributed by atoms with E-state index in [1.165, 1.54) is 0 Å². The summed E-state index contributed by atoms with van der Waals surface area (Å²) in [5.74, 6) is 0.690. The summed E-state index contributed by atoms with van der Waals surface area (Å²) >= 11 is 0. The molecule has 0 saturated carbocycles. The lowest BCUT2D eigenvalue weighted by atomic mass is 9.95. The zero-order valence-electron chi connectivity index (χ0n) is 10.6. The van der Waals surface area contributed by atoms with Gasteiger partial charge in [0.1, 0.15) is 12.4 Å². The average Bonchev–Trinajstić information content (AvgIpc) is 2.25. The molecule has 0 spiro atoms. The Labute approximate surface area is 102 Å². The standard InChI is InChI=1S/C13H20N2O2/c1-13(2,3)12(16)15-10-5-4-6-11(9-10)17-8-7-14/h4-6,9H,7-8,14H2,1-3H3,(H,15,16). The largest absolute Gasteiger partial charge is 0.492 e. The number of benzene rings is 1. The van der Waals surface area contributed by atoms with Gasteiger partial charge < -0.3 is 15.8 Å². The highest BCUT2D eigenvalue weighted by atomic mass is 16.5. The maximum Gasteiger partial charge on any atom is 0.229 e. The van der Waals surface area contributed by atoms with Gasteiger partial charge in [-0.1, -0.05) is 26.8 Å². The molecule has 4 nitrogen and oxygen atoms in total. The van der Waals surface area contributed by atoms with Crippen molar-refractivity contribution in [3.63, 3.8) is 0 Å². The van der Waals surface area contributed by atoms with Crippen LogP contribution in [-0.2, 0) is 4.79 Å². The van der Waals surface area contributed by atoms with Crippen LogP contribution in [0.15, 0.2) is 24.3 Å². The van der Waals surface area contributed by atoms with Gasteiger partial charge in [0.2, 0.25) is 5.91 Å². The molecule has 1 rings (SSSR count). The Balaban J connectivity index is 2.69. The first-order valence-electron chi connectivity index (χ1n) is 5.68. The molecule has 0 aromatic heterocycles. The van der Waals surface area contributed by atoms with Crippen molar-refractivity contribution in [2.24, 2.45) is 11.1 Å². The van der Waals surface area contributed by atoms with Crippen LogP contribution in [0.5, 0.6) is 5.75 Å². The van der Waals surface area contributed by atoms with E-state index in [1.54, 1.807) is 6.07 Å². The first-order valence-corrected chi connectivity index (χ1v) is 5.68. The van der Waals surface area contributed by atoms with E-state index in [1.807, 2.05) is 39.0 Å². The molecule has 0 heterocycles. The molecule has 0 aliphatic heterocycles. The maximum absolute atomic E-state index is 11.8. The van der Waals surface area contributed by atoms with Gasteiger partial charge in [0, 0.05) is 23.7 Å². The summed E-state index contributed by atoms with van der Waals surface area (Å²) in [5, 5.41) is 2.85. The highest BCUT2D eigenvalue weighted by Crippen LogP contribution is 2.20. The minimum absolute atomic E-state index is 0.0199. The lowest BCUT2D eigenvalue weighted by molar-refractivity contribution is -0.123. The third-order valence-electron chi connectivity index (χ3n) is 2.16. The number of rotatable bonds is 4. The summed E-state index contributed by atoms with van der Waals surface area (Å²) in [6.45, 7) is 6.56. The van der Waals surface area contributed by atoms with E-state index >= 15 is 0 Å². The fourth-order valence-electron chi connectivity index (χ4n) is 1.16. The molecular weight excluding hydrogens is 216 g/mol. The zero-order valence-corrected chi connectivity index (χ0v) is 10.6. The Morgan fingerprint density at radius 3 is 2.71 bits per heavy atom. The average molecular weight is 236 g/mol. The molecular formula is C13H20N2O2. The van der Waals surface area contributed by atoms with E-state index in [4.69, 9.17) is 10.5 Å². The van der Waals surface area contributed by atoms with Crippen molar-refractivity contribution in [1.29, 1.82) is 0 Å². The third-order valence-corrected chi connectivity index (χ3v) is 2.16. The normalized spacial score (nSPS) is 11.1. The Bertz CT molecular complexity index is 383. The lowest BCUT2D eigenvalue weighted by Crippen LogP contribution is -2.27. The molecule has 1 aromatic rings. The summed E-state index contributed by atoms with van der Waals surface area (Å²) in [4.78, 5) is 11.8. The third kappa shape index (κ3) is 4.44. The van der Waals surface area contributed by atoms with Crippen molar-refractivity contribution in [3.8, 4) is 5.75 Å². The molecule has 0 radical (unpaired) electrons. The quantitative estimate of drug-likeness (QED) is 0.840. The number of nitrogens with two attached hydrogens (primary N) is 1. The number of carbonyl (C=O) groups is 1. The summed E-state index contributed by atoms with van der Waals surface area (Å²) in [7, 11) is 0. The van der Waals surface area contributed by atoms with Gasteiger partial charge in [-0.3, -0.25) is 4.79 Å². The first kappa shape index (κ1) is 13.5. The van der Waals surface area contributed by atoms with Gasteiger partial charge in [0.25, 0.3) is 0 Å². The molecule has 1 aromatic carbocycles. The van der Waals surface area contributed by atoms with Crippen LogP contribution in [-0.4, -0.2) is 19.1 Å². The molecule has 0 atom stereocenters. The first-order chi connectivity index (χ1) is 7.93. The number of nitrogens with one attached hydrogen (secondary N) is 1. The van der Waals surface area contributed by atoms with E-state index in [0.717, 1.165) is 5.69 Å². The number of hydrogen-bond acceptors (Lipinski definition) is 3. The molecule has 0 aliphatic carbocycles. The summed E-state index contributed by atoms with van der Waals surface area (Å²) < 4.78 is 5.39. The minimum Gasteiger partial charge on any atom is -0.492 e. The number of ether oxygens (including phenoxy) is 1. The van der Waals surface area contributed by atoms with Crippen molar-refractivity contribution in [2.45, 2.75) is 20.8 Å². The molecule has 4 heteroatoms. The number of carbonyl (C=O) groups excluding carboxylic acids is 1. The number of anilines is 1. The fraction of sp³-hybridized carbons (Fsp3) is 0.462. The Morgan fingerprint density at radius 2 is 2.12 bits per heavy atom. The summed E-state index contributed by atoms with van der Waals surface area (Å²) in [5.41, 5.74) is 5.68. The van der Waals surface area contributed by atoms with Crippen LogP contribution in [0.3, 0.4) is 0 Å². The van der Waals surface area contributed by atoms with Crippen molar-refractivity contribution >= 4 is 11.6 Å². The Hall–Kier alpha value is -1.55. The highest BCUT2D eigenvalue weighted by molar-refractivity contribution is 5.94. The molecule has 0 bridgehead atoms. The van der Waals surface area contributed by atoms with Gasteiger partial charge in [-0.2, -0.15) is 0 Å². The summed E-state index contributed by atoms with van der Waals surface area (Å²) in [6.07, 6.45) is 0. The van der Waals surface area contributed by atoms with Crippen molar-refractivity contribution in [1.82, 2.24) is 0 Å². The second kappa shape index (κ2) is 5.68. The SMILES string of the molecule is CC(C)(C)C(=O)Nc1cccc(OCCN)c1. The molecule has 17 heavy (non-hydrogen) atoms. The predicted molar refractivity (Wildman–Crippen MR) is 69.1 cm³/mol. The Kier molecular flexibility index (Phi) is 4.52. The van der Waals surface area contributed by atoms with Crippen LogP contribution in [0.2, 0.25) is 0 Å². The van der Waals surface area contributed by atoms with Gasteiger partial charge in [-0.25, -0.2) is 0 Å². The van der Waals surface area contributed by atoms with Gasteiger partial charge in [-0.15, -0.1) is 0 Å². The molecule has 0 unspecified atom stereocenters. The van der Waals surface area contributed by atoms with Crippen LogP contribution < -0.4 is 15.8 Å². The van der Waals surface area contributed by atoms with E-state index < -0.39 is 5.41 Å². The van der Waals surface area contributed by atoms with Crippen molar-refractivity contribution < 1.29 is 9.53 Å². The number of amides is 1. The monoisotopic (exact) mass is 236 g/mol. The van der Waals surface area contributed by atoms with Crippen LogP contribution in [0, 0.1) is 5.41 Å². The predicted octanol–water partition coefficient (Wildman–Crippen LogP) is 2.01. The maximum atomic E-state index is 11.8. The van der Waals surface area contributed by atoms with E-state index in [9.17, 15) is 4.79 Å². The minimum atomic E-state index is -0.409. The summed E-state index contributed by atoms with van der Waals surface area (Å²) in [6, 6.07) is 7.30. The lowest BCUT2D eigenvalue weighted by Gasteiger charge is -2.18. The van der Waals surface area contributed by atoms with Crippen LogP contribution in [0.4, 0.5) is 5.69 Å². The topological polar surface area (TPSA) is 64.3 Å². The van der Waals surface area contributed by atoms with E-state index in [0.29, 0.717) is 18.9 Å². The van der Waals surface area contributed by atoms with Gasteiger partial charge >= 0.3 is 0 Å². The Morgan fingerprint density at radius 1 is 1.41 bits per heavy atom. The van der Waals surface area contributed by atoms with Crippen LogP contribution in [0.1, 0.15) is 20.8 Å². The molecule has 0 fully saturated rings. The van der Waals surface area contributed by atoms with Crippen LogP contribution in [0.25, 0.3) is 0 Å². The second-order valence-electron chi connectivity index (χ2n) is 4.87. The fourth-order valence-corrected chi connectivity index (χ4v) is 1.16. The van der Waals surface area contributed by atoms with Gasteiger partial charge in [-0.05, 0) is 12.1 Å². The zero-order chi connectivity index (χ0) is 12.9.